The van der Waals surface area contributed by atoms with Crippen molar-refractivity contribution < 1.29 is 4.79 Å². The highest BCUT2D eigenvalue weighted by molar-refractivity contribution is 5.89. The quantitative estimate of drug-likeness (QED) is 0.803. The van der Waals surface area contributed by atoms with E-state index in [1.807, 2.05) is 6.20 Å². The molecule has 3 rings (SSSR count). The Balaban J connectivity index is 1.69. The van der Waals surface area contributed by atoms with E-state index in [-0.39, 0.29) is 5.91 Å². The molecule has 2 aromatic rings. The number of likely N-dealkylation sites (tertiary alicyclic amines) is 1. The number of carbonyl (C=O) groups excluding carboxylic acids is 1. The van der Waals surface area contributed by atoms with Gasteiger partial charge in [0.05, 0.1) is 29.5 Å². The highest BCUT2D eigenvalue weighted by Gasteiger charge is 2.25. The summed E-state index contributed by atoms with van der Waals surface area (Å²) in [5, 5.41) is 17.2. The first kappa shape index (κ1) is 14.8. The molecule has 1 fully saturated rings. The summed E-state index contributed by atoms with van der Waals surface area (Å²) in [7, 11) is 0. The minimum Gasteiger partial charge on any atom is -0.323 e. The number of nitrogens with one attached hydrogen (secondary N) is 3. The Hall–Kier alpha value is -2.15. The molecule has 7 nitrogen and oxygen atoms in total. The number of aromatic amines is 2. The predicted molar refractivity (Wildman–Crippen MR) is 83.5 cm³/mol. The van der Waals surface area contributed by atoms with Gasteiger partial charge in [-0.25, -0.2) is 0 Å². The van der Waals surface area contributed by atoms with E-state index in [1.165, 1.54) is 18.2 Å². The molecular weight excluding hydrogens is 280 g/mol. The normalized spacial score (nSPS) is 19.3. The van der Waals surface area contributed by atoms with Crippen LogP contribution in [0.15, 0.2) is 12.4 Å². The monoisotopic (exact) mass is 302 g/mol. The molecule has 0 aliphatic carbocycles. The van der Waals surface area contributed by atoms with E-state index in [2.05, 4.69) is 37.5 Å². The van der Waals surface area contributed by atoms with Crippen LogP contribution in [0.5, 0.6) is 0 Å². The lowest BCUT2D eigenvalue weighted by Gasteiger charge is -2.32. The third kappa shape index (κ3) is 3.19. The molecule has 1 amide bonds. The second-order valence-corrected chi connectivity index (χ2v) is 5.98. The van der Waals surface area contributed by atoms with Crippen LogP contribution < -0.4 is 5.32 Å². The summed E-state index contributed by atoms with van der Waals surface area (Å²) in [5.74, 6) is 0.296. The number of aromatic nitrogens is 4. The lowest BCUT2D eigenvalue weighted by atomic mass is 9.94. The van der Waals surface area contributed by atoms with E-state index < -0.39 is 0 Å². The molecule has 7 heteroatoms. The number of rotatable bonds is 4. The summed E-state index contributed by atoms with van der Waals surface area (Å²) in [5.41, 5.74) is 4.20. The van der Waals surface area contributed by atoms with Crippen LogP contribution in [0.2, 0.25) is 0 Å². The molecule has 0 bridgehead atoms. The molecule has 1 aliphatic heterocycles. The van der Waals surface area contributed by atoms with Gasteiger partial charge in [0.15, 0.2) is 0 Å². The standard InChI is InChI=1S/C15H22N6O/c1-10-6-16-19-14(10)9-21-5-3-4-12(8-21)15-13(7-17-20-15)18-11(2)22/h6-7,12H,3-5,8-9H2,1-2H3,(H,16,19)(H,17,20)(H,18,22). The zero-order valence-electron chi connectivity index (χ0n) is 13.0. The molecule has 1 unspecified atom stereocenters. The first-order valence-corrected chi connectivity index (χ1v) is 7.65. The topological polar surface area (TPSA) is 89.7 Å². The Morgan fingerprint density at radius 1 is 1.41 bits per heavy atom. The van der Waals surface area contributed by atoms with Gasteiger partial charge in [-0.05, 0) is 31.9 Å². The van der Waals surface area contributed by atoms with Gasteiger partial charge in [-0.1, -0.05) is 0 Å². The molecule has 3 heterocycles. The largest absolute Gasteiger partial charge is 0.323 e. The van der Waals surface area contributed by atoms with Gasteiger partial charge < -0.3 is 5.32 Å². The Kier molecular flexibility index (Phi) is 4.24. The van der Waals surface area contributed by atoms with Crippen LogP contribution in [0.25, 0.3) is 0 Å². The van der Waals surface area contributed by atoms with Crippen molar-refractivity contribution >= 4 is 11.6 Å². The van der Waals surface area contributed by atoms with Gasteiger partial charge in [0.25, 0.3) is 0 Å². The van der Waals surface area contributed by atoms with Gasteiger partial charge in [-0.15, -0.1) is 0 Å². The minimum absolute atomic E-state index is 0.0663. The molecule has 118 valence electrons. The van der Waals surface area contributed by atoms with Gasteiger partial charge in [0, 0.05) is 25.9 Å². The zero-order valence-corrected chi connectivity index (χ0v) is 13.0. The van der Waals surface area contributed by atoms with Crippen LogP contribution in [0.4, 0.5) is 5.69 Å². The van der Waals surface area contributed by atoms with Crippen LogP contribution >= 0.6 is 0 Å². The summed E-state index contributed by atoms with van der Waals surface area (Å²) >= 11 is 0. The van der Waals surface area contributed by atoms with Crippen LogP contribution in [0.3, 0.4) is 0 Å². The summed E-state index contributed by atoms with van der Waals surface area (Å²) < 4.78 is 0. The predicted octanol–water partition coefficient (Wildman–Crippen LogP) is 1.78. The van der Waals surface area contributed by atoms with E-state index in [4.69, 9.17) is 0 Å². The van der Waals surface area contributed by atoms with Gasteiger partial charge in [-0.2, -0.15) is 10.2 Å². The van der Waals surface area contributed by atoms with E-state index in [1.54, 1.807) is 6.20 Å². The van der Waals surface area contributed by atoms with Crippen molar-refractivity contribution in [3.63, 3.8) is 0 Å². The maximum absolute atomic E-state index is 11.3. The third-order valence-corrected chi connectivity index (χ3v) is 4.21. The summed E-state index contributed by atoms with van der Waals surface area (Å²) in [4.78, 5) is 13.7. The SMILES string of the molecule is CC(=O)Nc1cn[nH]c1C1CCCN(Cc2[nH]ncc2C)C1. The summed E-state index contributed by atoms with van der Waals surface area (Å²) in [6.45, 7) is 6.51. The van der Waals surface area contributed by atoms with Crippen molar-refractivity contribution in [1.82, 2.24) is 25.3 Å². The second-order valence-electron chi connectivity index (χ2n) is 5.98. The average molecular weight is 302 g/mol. The van der Waals surface area contributed by atoms with Gasteiger partial charge in [0.1, 0.15) is 0 Å². The maximum Gasteiger partial charge on any atom is 0.221 e. The molecule has 1 saturated heterocycles. The zero-order chi connectivity index (χ0) is 15.5. The number of carbonyl (C=O) groups is 1. The smallest absolute Gasteiger partial charge is 0.221 e. The molecule has 0 aromatic carbocycles. The molecule has 1 aliphatic rings. The molecule has 22 heavy (non-hydrogen) atoms. The lowest BCUT2D eigenvalue weighted by molar-refractivity contribution is -0.114. The number of nitrogens with zero attached hydrogens (tertiary/aromatic N) is 3. The van der Waals surface area contributed by atoms with Crippen LogP contribution in [-0.4, -0.2) is 44.3 Å². The van der Waals surface area contributed by atoms with Crippen molar-refractivity contribution in [2.45, 2.75) is 39.2 Å². The Bertz CT molecular complexity index is 646. The molecule has 1 atom stereocenters. The van der Waals surface area contributed by atoms with Gasteiger partial charge in [-0.3, -0.25) is 19.9 Å². The molecule has 2 aromatic heterocycles. The highest BCUT2D eigenvalue weighted by Crippen LogP contribution is 2.30. The number of piperidine rings is 1. The molecule has 0 radical (unpaired) electrons. The fourth-order valence-electron chi connectivity index (χ4n) is 3.09. The molecule has 0 spiro atoms. The van der Waals surface area contributed by atoms with Crippen LogP contribution in [-0.2, 0) is 11.3 Å². The van der Waals surface area contributed by atoms with E-state index in [0.29, 0.717) is 5.92 Å². The van der Waals surface area contributed by atoms with Gasteiger partial charge in [0.2, 0.25) is 5.91 Å². The molecule has 0 saturated carbocycles. The van der Waals surface area contributed by atoms with Gasteiger partial charge >= 0.3 is 0 Å². The van der Waals surface area contributed by atoms with Crippen molar-refractivity contribution in [2.75, 3.05) is 18.4 Å². The summed E-state index contributed by atoms with van der Waals surface area (Å²) in [6.07, 6.45) is 5.79. The van der Waals surface area contributed by atoms with Crippen molar-refractivity contribution in [2.24, 2.45) is 0 Å². The van der Waals surface area contributed by atoms with E-state index >= 15 is 0 Å². The lowest BCUT2D eigenvalue weighted by Crippen LogP contribution is -2.34. The van der Waals surface area contributed by atoms with Crippen molar-refractivity contribution in [3.8, 4) is 0 Å². The van der Waals surface area contributed by atoms with Crippen LogP contribution in [0, 0.1) is 6.92 Å². The first-order valence-electron chi connectivity index (χ1n) is 7.65. The maximum atomic E-state index is 11.3. The Morgan fingerprint density at radius 2 is 2.23 bits per heavy atom. The number of anilines is 1. The highest BCUT2D eigenvalue weighted by atomic mass is 16.1. The number of hydrogen-bond donors (Lipinski definition) is 3. The number of aryl methyl sites for hydroxylation is 1. The first-order chi connectivity index (χ1) is 10.6. The van der Waals surface area contributed by atoms with Crippen LogP contribution in [0.1, 0.15) is 42.6 Å². The minimum atomic E-state index is -0.0663. The Morgan fingerprint density at radius 3 is 2.95 bits per heavy atom. The molecular formula is C15H22N6O. The Labute approximate surface area is 129 Å². The third-order valence-electron chi connectivity index (χ3n) is 4.21. The van der Waals surface area contributed by atoms with Crippen molar-refractivity contribution in [1.29, 1.82) is 0 Å². The number of amides is 1. The summed E-state index contributed by atoms with van der Waals surface area (Å²) in [6, 6.07) is 0. The van der Waals surface area contributed by atoms with Crippen molar-refractivity contribution in [3.05, 3.63) is 29.3 Å². The van der Waals surface area contributed by atoms with E-state index in [0.717, 1.165) is 43.9 Å². The number of hydrogen-bond acceptors (Lipinski definition) is 4. The van der Waals surface area contributed by atoms with E-state index in [9.17, 15) is 4.79 Å². The fourth-order valence-corrected chi connectivity index (χ4v) is 3.09. The second kappa shape index (κ2) is 6.31. The average Bonchev–Trinajstić information content (AvgIpc) is 3.09. The fraction of sp³-hybridized carbons (Fsp3) is 0.533. The molecule has 3 N–H and O–H groups in total. The number of H-pyrrole nitrogens is 2.